The van der Waals surface area contributed by atoms with Gasteiger partial charge in [-0.2, -0.15) is 0 Å². The Labute approximate surface area is 159 Å². The number of hydrogen-bond donors (Lipinski definition) is 2. The lowest BCUT2D eigenvalue weighted by Gasteiger charge is -2.34. The molecule has 1 heterocycles. The number of anilines is 1. The summed E-state index contributed by atoms with van der Waals surface area (Å²) in [6, 6.07) is 8.89. The first-order chi connectivity index (χ1) is 12.4. The minimum Gasteiger partial charge on any atom is -0.496 e. The smallest absolute Gasteiger partial charge is 0.261 e. The molecule has 6 heteroatoms. The Morgan fingerprint density at radius 2 is 2.04 bits per heavy atom. The zero-order chi connectivity index (χ0) is 18.6. The Balaban J connectivity index is 1.81. The van der Waals surface area contributed by atoms with Gasteiger partial charge in [0.25, 0.3) is 5.91 Å². The first-order valence-electron chi connectivity index (χ1n) is 8.42. The molecule has 134 valence electrons. The molecule has 1 aliphatic heterocycles. The van der Waals surface area contributed by atoms with E-state index in [2.05, 4.69) is 21.2 Å². The van der Waals surface area contributed by atoms with Crippen molar-refractivity contribution >= 4 is 33.3 Å². The third-order valence-corrected chi connectivity index (χ3v) is 5.89. The number of halogens is 1. The van der Waals surface area contributed by atoms with Crippen LogP contribution in [0.25, 0.3) is 0 Å². The zero-order valence-electron chi connectivity index (χ0n) is 14.4. The Bertz CT molecular complexity index is 955. The van der Waals surface area contributed by atoms with Crippen molar-refractivity contribution in [2.75, 3.05) is 12.4 Å². The normalized spacial score (nSPS) is 24.1. The summed E-state index contributed by atoms with van der Waals surface area (Å²) in [7, 11) is 1.60. The van der Waals surface area contributed by atoms with Gasteiger partial charge in [0.2, 0.25) is 0 Å². The van der Waals surface area contributed by atoms with E-state index < -0.39 is 17.4 Å². The quantitative estimate of drug-likeness (QED) is 0.788. The van der Waals surface area contributed by atoms with Crippen LogP contribution in [0.5, 0.6) is 5.75 Å². The van der Waals surface area contributed by atoms with Crippen molar-refractivity contribution in [2.24, 2.45) is 5.92 Å². The van der Waals surface area contributed by atoms with Crippen molar-refractivity contribution in [3.8, 4) is 5.75 Å². The van der Waals surface area contributed by atoms with E-state index in [4.69, 9.17) is 4.74 Å². The Hall–Kier alpha value is -2.18. The number of fused-ring (bicyclic) bond motifs is 2. The third kappa shape index (κ3) is 2.32. The molecule has 2 N–H and O–H groups in total. The van der Waals surface area contributed by atoms with Crippen LogP contribution in [0.2, 0.25) is 0 Å². The lowest BCUT2D eigenvalue weighted by Crippen LogP contribution is -2.47. The number of methoxy groups -OCH3 is 1. The summed E-state index contributed by atoms with van der Waals surface area (Å²) in [4.78, 5) is 25.8. The lowest BCUT2D eigenvalue weighted by molar-refractivity contribution is -0.138. The highest BCUT2D eigenvalue weighted by Crippen LogP contribution is 2.47. The Kier molecular flexibility index (Phi) is 3.93. The van der Waals surface area contributed by atoms with Gasteiger partial charge in [-0.3, -0.25) is 9.59 Å². The van der Waals surface area contributed by atoms with Gasteiger partial charge in [0.1, 0.15) is 5.75 Å². The second kappa shape index (κ2) is 5.93. The lowest BCUT2D eigenvalue weighted by atomic mass is 9.71. The van der Waals surface area contributed by atoms with Crippen LogP contribution in [-0.4, -0.2) is 23.9 Å². The minimum atomic E-state index is -1.86. The van der Waals surface area contributed by atoms with E-state index in [0.29, 0.717) is 29.7 Å². The summed E-state index contributed by atoms with van der Waals surface area (Å²) in [5, 5.41) is 14.1. The second-order valence-electron chi connectivity index (χ2n) is 6.84. The topological polar surface area (TPSA) is 75.6 Å². The average molecular weight is 416 g/mol. The summed E-state index contributed by atoms with van der Waals surface area (Å²) >= 11 is 3.38. The number of amides is 1. The maximum absolute atomic E-state index is 13.2. The molecule has 0 spiro atoms. The standard InChI is InChI=1S/C20H18BrNO4/c1-10-7-13-11(8-17(10)26-2)3-5-14(18(13)23)20(25)15-9-12(21)4-6-16(15)22-19(20)24/h4,6-9,14,25H,3,5H2,1-2H3,(H,22,24)/t14-,20+/m0/s1. The van der Waals surface area contributed by atoms with Crippen LogP contribution in [0.3, 0.4) is 0 Å². The van der Waals surface area contributed by atoms with Crippen molar-refractivity contribution < 1.29 is 19.4 Å². The van der Waals surface area contributed by atoms with Crippen LogP contribution < -0.4 is 10.1 Å². The van der Waals surface area contributed by atoms with E-state index >= 15 is 0 Å². The van der Waals surface area contributed by atoms with Gasteiger partial charge < -0.3 is 15.2 Å². The molecule has 4 rings (SSSR count). The predicted molar refractivity (Wildman–Crippen MR) is 101 cm³/mol. The predicted octanol–water partition coefficient (Wildman–Crippen LogP) is 3.35. The number of carbonyl (C=O) groups excluding carboxylic acids is 2. The van der Waals surface area contributed by atoms with Gasteiger partial charge in [-0.05, 0) is 61.2 Å². The summed E-state index contributed by atoms with van der Waals surface area (Å²) in [6.45, 7) is 1.87. The average Bonchev–Trinajstić information content (AvgIpc) is 2.87. The molecule has 2 aromatic carbocycles. The van der Waals surface area contributed by atoms with E-state index in [1.54, 1.807) is 31.4 Å². The first-order valence-corrected chi connectivity index (χ1v) is 9.21. The molecule has 5 nitrogen and oxygen atoms in total. The molecular weight excluding hydrogens is 398 g/mol. The molecule has 2 aliphatic rings. The fourth-order valence-electron chi connectivity index (χ4n) is 4.03. The van der Waals surface area contributed by atoms with Crippen molar-refractivity contribution in [2.45, 2.75) is 25.4 Å². The highest BCUT2D eigenvalue weighted by molar-refractivity contribution is 9.10. The number of rotatable bonds is 2. The van der Waals surface area contributed by atoms with Crippen molar-refractivity contribution in [3.63, 3.8) is 0 Å². The monoisotopic (exact) mass is 415 g/mol. The number of ether oxygens (including phenoxy) is 1. The number of Topliss-reactive ketones (excluding diaryl/α,β-unsaturated/α-hetero) is 1. The summed E-state index contributed by atoms with van der Waals surface area (Å²) < 4.78 is 6.09. The van der Waals surface area contributed by atoms with Crippen LogP contribution >= 0.6 is 15.9 Å². The van der Waals surface area contributed by atoms with Crippen molar-refractivity contribution in [1.82, 2.24) is 0 Å². The van der Waals surface area contributed by atoms with Crippen molar-refractivity contribution in [3.05, 3.63) is 57.1 Å². The van der Waals surface area contributed by atoms with E-state index in [1.807, 2.05) is 13.0 Å². The van der Waals surface area contributed by atoms with Gasteiger partial charge in [0.05, 0.1) is 13.0 Å². The molecule has 2 aromatic rings. The largest absolute Gasteiger partial charge is 0.496 e. The van der Waals surface area contributed by atoms with Crippen LogP contribution in [0.1, 0.15) is 33.5 Å². The maximum Gasteiger partial charge on any atom is 0.261 e. The Morgan fingerprint density at radius 3 is 2.77 bits per heavy atom. The molecule has 0 bridgehead atoms. The Morgan fingerprint density at radius 1 is 1.27 bits per heavy atom. The number of benzene rings is 2. The van der Waals surface area contributed by atoms with E-state index in [-0.39, 0.29) is 5.78 Å². The highest BCUT2D eigenvalue weighted by Gasteiger charge is 2.54. The van der Waals surface area contributed by atoms with Gasteiger partial charge in [-0.1, -0.05) is 15.9 Å². The van der Waals surface area contributed by atoms with Gasteiger partial charge in [-0.15, -0.1) is 0 Å². The van der Waals surface area contributed by atoms with Crippen LogP contribution in [0, 0.1) is 12.8 Å². The highest BCUT2D eigenvalue weighted by atomic mass is 79.9. The number of hydrogen-bond acceptors (Lipinski definition) is 4. The first kappa shape index (κ1) is 17.2. The summed E-state index contributed by atoms with van der Waals surface area (Å²) in [6.07, 6.45) is 0.995. The molecule has 1 aliphatic carbocycles. The minimum absolute atomic E-state index is 0.206. The van der Waals surface area contributed by atoms with E-state index in [9.17, 15) is 14.7 Å². The van der Waals surface area contributed by atoms with Crippen LogP contribution in [-0.2, 0) is 16.8 Å². The summed E-state index contributed by atoms with van der Waals surface area (Å²) in [5.41, 5.74) is 1.44. The zero-order valence-corrected chi connectivity index (χ0v) is 16.0. The van der Waals surface area contributed by atoms with Gasteiger partial charge in [0.15, 0.2) is 11.4 Å². The number of carbonyl (C=O) groups is 2. The van der Waals surface area contributed by atoms with Crippen LogP contribution in [0.15, 0.2) is 34.8 Å². The fraction of sp³-hybridized carbons (Fsp3) is 0.300. The molecule has 0 radical (unpaired) electrons. The molecule has 0 aromatic heterocycles. The maximum atomic E-state index is 13.2. The third-order valence-electron chi connectivity index (χ3n) is 5.40. The molecule has 2 atom stereocenters. The van der Waals surface area contributed by atoms with E-state index in [0.717, 1.165) is 21.3 Å². The summed E-state index contributed by atoms with van der Waals surface area (Å²) in [5.74, 6) is -0.833. The number of ketones is 1. The molecule has 1 amide bonds. The van der Waals surface area contributed by atoms with Gasteiger partial charge in [-0.25, -0.2) is 0 Å². The van der Waals surface area contributed by atoms with Gasteiger partial charge in [0, 0.05) is 21.3 Å². The van der Waals surface area contributed by atoms with E-state index in [1.165, 1.54) is 0 Å². The van der Waals surface area contributed by atoms with Crippen molar-refractivity contribution in [1.29, 1.82) is 0 Å². The van der Waals surface area contributed by atoms with Gasteiger partial charge >= 0.3 is 0 Å². The number of aliphatic hydroxyl groups is 1. The molecular formula is C20H18BrNO4. The second-order valence-corrected chi connectivity index (χ2v) is 7.76. The fourth-order valence-corrected chi connectivity index (χ4v) is 4.39. The SMILES string of the molecule is COc1cc2c(cc1C)C(=O)[C@@H]([C@]1(O)C(=O)Nc3ccc(Br)cc31)CC2. The number of nitrogens with one attached hydrogen (secondary N) is 1. The molecule has 0 saturated carbocycles. The molecule has 26 heavy (non-hydrogen) atoms. The molecule has 0 saturated heterocycles. The molecule has 0 fully saturated rings. The van der Waals surface area contributed by atoms with Crippen LogP contribution in [0.4, 0.5) is 5.69 Å². The number of aryl methyl sites for hydroxylation is 2. The molecule has 0 unspecified atom stereocenters.